The largest absolute Gasteiger partial charge is 0.358 e. The van der Waals surface area contributed by atoms with Crippen LogP contribution in [0, 0.1) is 5.41 Å². The highest BCUT2D eigenvalue weighted by atomic mass is 16.2. The molecule has 1 aliphatic carbocycles. The molecule has 0 bridgehead atoms. The molecule has 0 heterocycles. The van der Waals surface area contributed by atoms with Crippen LogP contribution in [0.3, 0.4) is 0 Å². The molecule has 0 aliphatic heterocycles. The topological polar surface area (TPSA) is 58.2 Å². The van der Waals surface area contributed by atoms with Gasteiger partial charge in [0.2, 0.25) is 11.8 Å². The van der Waals surface area contributed by atoms with Crippen LogP contribution in [0.5, 0.6) is 0 Å². The molecule has 2 N–H and O–H groups in total. The molecule has 0 unspecified atom stereocenters. The lowest BCUT2D eigenvalue weighted by atomic mass is 10.1. The zero-order valence-corrected chi connectivity index (χ0v) is 11.4. The first-order valence-electron chi connectivity index (χ1n) is 6.09. The molecule has 1 rings (SSSR count). The van der Waals surface area contributed by atoms with E-state index >= 15 is 0 Å². The van der Waals surface area contributed by atoms with E-state index in [0.29, 0.717) is 18.5 Å². The number of rotatable bonds is 5. The van der Waals surface area contributed by atoms with Crippen LogP contribution < -0.4 is 10.6 Å². The normalized spacial score (nSPS) is 15.6. The van der Waals surface area contributed by atoms with Crippen molar-refractivity contribution in [1.29, 1.82) is 0 Å². The van der Waals surface area contributed by atoms with Gasteiger partial charge in [0.15, 0.2) is 0 Å². The van der Waals surface area contributed by atoms with E-state index in [1.807, 2.05) is 13.8 Å². The molecule has 1 aliphatic rings. The minimum atomic E-state index is -0.877. The molecule has 18 heavy (non-hydrogen) atoms. The van der Waals surface area contributed by atoms with Gasteiger partial charge >= 0.3 is 0 Å². The Morgan fingerprint density at radius 1 is 1.17 bits per heavy atom. The Morgan fingerprint density at radius 3 is 2.06 bits per heavy atom. The number of nitrogens with one attached hydrogen (secondary N) is 2. The summed E-state index contributed by atoms with van der Waals surface area (Å²) in [4.78, 5) is 23.4. The minimum absolute atomic E-state index is 0.230. The first-order chi connectivity index (χ1) is 8.60. The zero-order valence-electron chi connectivity index (χ0n) is 11.4. The van der Waals surface area contributed by atoms with Crippen LogP contribution >= 0.6 is 0 Å². The summed E-state index contributed by atoms with van der Waals surface area (Å²) in [6.45, 7) is 11.1. The van der Waals surface area contributed by atoms with Gasteiger partial charge in [-0.25, -0.2) is 0 Å². The maximum atomic E-state index is 11.9. The molecule has 1 fully saturated rings. The van der Waals surface area contributed by atoms with E-state index in [1.165, 1.54) is 13.1 Å². The summed E-state index contributed by atoms with van der Waals surface area (Å²) in [6.07, 6.45) is 5.88. The van der Waals surface area contributed by atoms with Gasteiger partial charge in [-0.15, -0.1) is 0 Å². The van der Waals surface area contributed by atoms with E-state index in [2.05, 4.69) is 23.8 Å². The Bertz CT molecular complexity index is 366. The van der Waals surface area contributed by atoms with Crippen LogP contribution in [0.25, 0.3) is 0 Å². The number of hydrogen-bond donors (Lipinski definition) is 2. The molecule has 4 heteroatoms. The highest BCUT2D eigenvalue weighted by Gasteiger charge is 2.56. The van der Waals surface area contributed by atoms with Crippen LogP contribution in [-0.2, 0) is 9.59 Å². The van der Waals surface area contributed by atoms with E-state index in [1.54, 1.807) is 12.2 Å². The van der Waals surface area contributed by atoms with Crippen molar-refractivity contribution in [2.75, 3.05) is 7.05 Å². The summed E-state index contributed by atoms with van der Waals surface area (Å²) in [7, 11) is 1.53. The monoisotopic (exact) mass is 250 g/mol. The fraction of sp³-hybridized carbons (Fsp3) is 0.429. The summed E-state index contributed by atoms with van der Waals surface area (Å²) in [6, 6.07) is 0. The van der Waals surface area contributed by atoms with Gasteiger partial charge in [-0.1, -0.05) is 33.1 Å². The highest BCUT2D eigenvalue weighted by Crippen LogP contribution is 2.46. The minimum Gasteiger partial charge on any atom is -0.358 e. The number of carbonyl (C=O) groups excluding carboxylic acids is 2. The van der Waals surface area contributed by atoms with Gasteiger partial charge < -0.3 is 10.6 Å². The Balaban J connectivity index is 0.00000137. The Kier molecular flexibility index (Phi) is 6.71. The molecular weight excluding hydrogens is 228 g/mol. The fourth-order valence-electron chi connectivity index (χ4n) is 1.46. The van der Waals surface area contributed by atoms with Gasteiger partial charge in [0.1, 0.15) is 5.41 Å². The van der Waals surface area contributed by atoms with Crippen molar-refractivity contribution in [3.63, 3.8) is 0 Å². The van der Waals surface area contributed by atoms with Crippen molar-refractivity contribution in [1.82, 2.24) is 10.6 Å². The van der Waals surface area contributed by atoms with E-state index in [9.17, 15) is 9.59 Å². The number of hydrogen-bond acceptors (Lipinski definition) is 2. The van der Waals surface area contributed by atoms with Gasteiger partial charge in [0.25, 0.3) is 0 Å². The molecule has 0 saturated heterocycles. The summed E-state index contributed by atoms with van der Waals surface area (Å²) in [5.41, 5.74) is -0.326. The third-order valence-corrected chi connectivity index (χ3v) is 2.62. The van der Waals surface area contributed by atoms with Crippen molar-refractivity contribution in [3.05, 3.63) is 37.1 Å². The van der Waals surface area contributed by atoms with E-state index in [0.717, 1.165) is 0 Å². The lowest BCUT2D eigenvalue weighted by molar-refractivity contribution is -0.136. The Hall–Kier alpha value is -1.84. The maximum Gasteiger partial charge on any atom is 0.240 e. The second kappa shape index (κ2) is 7.48. The van der Waals surface area contributed by atoms with Gasteiger partial charge in [0, 0.05) is 12.7 Å². The second-order valence-electron chi connectivity index (χ2n) is 3.68. The third kappa shape index (κ3) is 3.58. The zero-order chi connectivity index (χ0) is 14.2. The molecule has 2 amide bonds. The van der Waals surface area contributed by atoms with Gasteiger partial charge in [-0.2, -0.15) is 0 Å². The van der Waals surface area contributed by atoms with Crippen LogP contribution in [0.15, 0.2) is 37.1 Å². The lowest BCUT2D eigenvalue weighted by Crippen LogP contribution is -2.41. The quantitative estimate of drug-likeness (QED) is 0.578. The van der Waals surface area contributed by atoms with Gasteiger partial charge in [-0.05, 0) is 25.0 Å². The van der Waals surface area contributed by atoms with Gasteiger partial charge in [0.05, 0.1) is 0 Å². The molecule has 4 nitrogen and oxygen atoms in total. The van der Waals surface area contributed by atoms with Crippen molar-refractivity contribution in [3.8, 4) is 0 Å². The standard InChI is InChI=1S/C12H16N2O2.C2H6/c1-4-6-9(5-2)14-11(16)12(7-8-12)10(15)13-3;1-2/h4-6H,1-2,7-8H2,3H3,(H,13,15)(H,14,16);1-2H3/b9-6+;. The predicted molar refractivity (Wildman–Crippen MR) is 73.7 cm³/mol. The van der Waals surface area contributed by atoms with E-state index in [4.69, 9.17) is 0 Å². The first kappa shape index (κ1) is 16.2. The molecule has 1 saturated carbocycles. The maximum absolute atomic E-state index is 11.9. The molecular formula is C14H22N2O2. The van der Waals surface area contributed by atoms with E-state index in [-0.39, 0.29) is 11.8 Å². The summed E-state index contributed by atoms with van der Waals surface area (Å²) >= 11 is 0. The van der Waals surface area contributed by atoms with Crippen LogP contribution in [0.4, 0.5) is 0 Å². The molecule has 0 atom stereocenters. The van der Waals surface area contributed by atoms with Crippen molar-refractivity contribution < 1.29 is 9.59 Å². The van der Waals surface area contributed by atoms with E-state index < -0.39 is 5.41 Å². The SMILES string of the molecule is C=C/C=C(\C=C)NC(=O)C1(C(=O)NC)CC1.CC. The van der Waals surface area contributed by atoms with Crippen LogP contribution in [0.1, 0.15) is 26.7 Å². The molecule has 0 aromatic rings. The number of amides is 2. The Morgan fingerprint density at radius 2 is 1.72 bits per heavy atom. The lowest BCUT2D eigenvalue weighted by Gasteiger charge is -2.13. The molecule has 0 aromatic heterocycles. The molecule has 100 valence electrons. The number of allylic oxidation sites excluding steroid dienone is 3. The predicted octanol–water partition coefficient (Wildman–Crippen LogP) is 1.91. The third-order valence-electron chi connectivity index (χ3n) is 2.62. The average Bonchev–Trinajstić information content (AvgIpc) is 3.21. The fourth-order valence-corrected chi connectivity index (χ4v) is 1.46. The first-order valence-corrected chi connectivity index (χ1v) is 6.09. The smallest absolute Gasteiger partial charge is 0.240 e. The molecule has 0 radical (unpaired) electrons. The van der Waals surface area contributed by atoms with Crippen molar-refractivity contribution in [2.45, 2.75) is 26.7 Å². The molecule has 0 aromatic carbocycles. The van der Waals surface area contributed by atoms with Crippen molar-refractivity contribution >= 4 is 11.8 Å². The average molecular weight is 250 g/mol. The highest BCUT2D eigenvalue weighted by molar-refractivity contribution is 6.08. The van der Waals surface area contributed by atoms with Crippen LogP contribution in [0.2, 0.25) is 0 Å². The van der Waals surface area contributed by atoms with Gasteiger partial charge in [-0.3, -0.25) is 9.59 Å². The molecule has 0 spiro atoms. The Labute approximate surface area is 109 Å². The number of carbonyl (C=O) groups is 2. The second-order valence-corrected chi connectivity index (χ2v) is 3.68. The van der Waals surface area contributed by atoms with Crippen molar-refractivity contribution in [2.24, 2.45) is 5.41 Å². The summed E-state index contributed by atoms with van der Waals surface area (Å²) in [5.74, 6) is -0.508. The van der Waals surface area contributed by atoms with Crippen LogP contribution in [-0.4, -0.2) is 18.9 Å². The summed E-state index contributed by atoms with van der Waals surface area (Å²) in [5, 5.41) is 5.16. The summed E-state index contributed by atoms with van der Waals surface area (Å²) < 4.78 is 0.